The number of fused-ring (bicyclic) bond motifs is 1. The Hall–Kier alpha value is -1.97. The van der Waals surface area contributed by atoms with Gasteiger partial charge in [0.25, 0.3) is 0 Å². The van der Waals surface area contributed by atoms with Crippen LogP contribution in [0.1, 0.15) is 5.56 Å². The minimum Gasteiger partial charge on any atom is -0.462 e. The fraction of sp³-hybridized carbons (Fsp3) is 0.438. The third-order valence-electron chi connectivity index (χ3n) is 4.01. The third kappa shape index (κ3) is 3.02. The molecule has 0 aliphatic carbocycles. The van der Waals surface area contributed by atoms with Crippen molar-refractivity contribution in [3.05, 3.63) is 40.2 Å². The maximum Gasteiger partial charge on any atom is 0.336 e. The second-order valence-corrected chi connectivity index (χ2v) is 5.73. The van der Waals surface area contributed by atoms with Gasteiger partial charge in [-0.05, 0) is 30.7 Å². The van der Waals surface area contributed by atoms with Crippen LogP contribution in [0.25, 0.3) is 11.0 Å². The van der Waals surface area contributed by atoms with Crippen LogP contribution in [0.5, 0.6) is 5.75 Å². The summed E-state index contributed by atoms with van der Waals surface area (Å²) in [7, 11) is 0. The molecule has 1 aliphatic heterocycles. The van der Waals surface area contributed by atoms with Gasteiger partial charge in [0.1, 0.15) is 35.7 Å². The van der Waals surface area contributed by atoms with E-state index < -0.39 is 42.9 Å². The van der Waals surface area contributed by atoms with Crippen LogP contribution in [0.15, 0.2) is 33.5 Å². The van der Waals surface area contributed by atoms with E-state index in [1.807, 2.05) is 0 Å². The largest absolute Gasteiger partial charge is 0.462 e. The average Bonchev–Trinajstić information content (AvgIpc) is 2.56. The zero-order valence-electron chi connectivity index (χ0n) is 12.8. The number of aliphatic hydroxyl groups is 4. The summed E-state index contributed by atoms with van der Waals surface area (Å²) in [4.78, 5) is 11.2. The number of benzene rings is 1. The van der Waals surface area contributed by atoms with Gasteiger partial charge in [-0.2, -0.15) is 0 Å². The topological polar surface area (TPSA) is 130 Å². The van der Waals surface area contributed by atoms with Crippen LogP contribution in [0.2, 0.25) is 0 Å². The zero-order chi connectivity index (χ0) is 17.4. The Balaban J connectivity index is 1.89. The predicted octanol–water partition coefficient (Wildman–Crippen LogP) is -0.720. The molecule has 24 heavy (non-hydrogen) atoms. The molecule has 8 heteroatoms. The number of aliphatic hydroxyl groups excluding tert-OH is 4. The lowest BCUT2D eigenvalue weighted by Gasteiger charge is -2.39. The van der Waals surface area contributed by atoms with E-state index in [0.717, 1.165) is 0 Å². The maximum absolute atomic E-state index is 11.2. The van der Waals surface area contributed by atoms with Crippen molar-refractivity contribution >= 4 is 11.0 Å². The first-order chi connectivity index (χ1) is 11.4. The quantitative estimate of drug-likeness (QED) is 0.540. The highest BCUT2D eigenvalue weighted by atomic mass is 16.7. The summed E-state index contributed by atoms with van der Waals surface area (Å²) < 4.78 is 16.0. The summed E-state index contributed by atoms with van der Waals surface area (Å²) in [6.45, 7) is 1.18. The van der Waals surface area contributed by atoms with E-state index in [4.69, 9.17) is 13.9 Å². The van der Waals surface area contributed by atoms with Crippen molar-refractivity contribution in [3.63, 3.8) is 0 Å². The minimum atomic E-state index is -1.51. The molecule has 2 heterocycles. The van der Waals surface area contributed by atoms with Gasteiger partial charge in [-0.25, -0.2) is 4.79 Å². The second kappa shape index (κ2) is 6.50. The van der Waals surface area contributed by atoms with Crippen molar-refractivity contribution in [1.29, 1.82) is 0 Å². The van der Waals surface area contributed by atoms with E-state index in [0.29, 0.717) is 22.3 Å². The summed E-state index contributed by atoms with van der Waals surface area (Å²) in [5.41, 5.74) is 0.541. The summed E-state index contributed by atoms with van der Waals surface area (Å²) in [5.74, 6) is 0.348. The van der Waals surface area contributed by atoms with Crippen LogP contribution in [-0.2, 0) is 4.74 Å². The van der Waals surface area contributed by atoms with Crippen LogP contribution in [0, 0.1) is 6.92 Å². The first-order valence-electron chi connectivity index (χ1n) is 7.42. The van der Waals surface area contributed by atoms with Crippen molar-refractivity contribution < 1.29 is 34.3 Å². The lowest BCUT2D eigenvalue weighted by Crippen LogP contribution is -2.60. The Morgan fingerprint density at radius 2 is 1.88 bits per heavy atom. The summed E-state index contributed by atoms with van der Waals surface area (Å²) in [6, 6.07) is 6.06. The fourth-order valence-electron chi connectivity index (χ4n) is 2.61. The molecule has 8 nitrogen and oxygen atoms in total. The van der Waals surface area contributed by atoms with Crippen LogP contribution in [-0.4, -0.2) is 57.7 Å². The first-order valence-corrected chi connectivity index (χ1v) is 7.42. The van der Waals surface area contributed by atoms with Gasteiger partial charge in [0, 0.05) is 11.5 Å². The summed E-state index contributed by atoms with van der Waals surface area (Å²) >= 11 is 0. The van der Waals surface area contributed by atoms with E-state index >= 15 is 0 Å². The van der Waals surface area contributed by atoms with E-state index in [1.165, 1.54) is 6.07 Å². The molecule has 1 aromatic heterocycles. The van der Waals surface area contributed by atoms with Gasteiger partial charge >= 0.3 is 5.63 Å². The van der Waals surface area contributed by atoms with Gasteiger partial charge in [0.2, 0.25) is 6.29 Å². The molecular weight excluding hydrogens is 320 g/mol. The number of ether oxygens (including phenoxy) is 2. The number of aryl methyl sites for hydroxylation is 1. The molecule has 0 radical (unpaired) electrons. The fourth-order valence-corrected chi connectivity index (χ4v) is 2.61. The molecule has 130 valence electrons. The van der Waals surface area contributed by atoms with E-state index in [9.17, 15) is 25.2 Å². The third-order valence-corrected chi connectivity index (χ3v) is 4.01. The van der Waals surface area contributed by atoms with Crippen molar-refractivity contribution in [2.75, 3.05) is 6.61 Å². The highest BCUT2D eigenvalue weighted by molar-refractivity contribution is 5.79. The maximum atomic E-state index is 11.2. The highest BCUT2D eigenvalue weighted by Gasteiger charge is 2.44. The molecule has 1 fully saturated rings. The van der Waals surface area contributed by atoms with Crippen molar-refractivity contribution in [1.82, 2.24) is 0 Å². The van der Waals surface area contributed by atoms with E-state index in [1.54, 1.807) is 25.1 Å². The number of hydrogen-bond acceptors (Lipinski definition) is 8. The van der Waals surface area contributed by atoms with Gasteiger partial charge in [0.05, 0.1) is 6.61 Å². The molecule has 1 aromatic carbocycles. The molecule has 0 bridgehead atoms. The highest BCUT2D eigenvalue weighted by Crippen LogP contribution is 2.29. The first kappa shape index (κ1) is 16.9. The molecule has 0 amide bonds. The van der Waals surface area contributed by atoms with E-state index in [2.05, 4.69) is 0 Å². The van der Waals surface area contributed by atoms with Crippen LogP contribution < -0.4 is 10.4 Å². The number of rotatable bonds is 3. The monoisotopic (exact) mass is 338 g/mol. The Morgan fingerprint density at radius 3 is 2.58 bits per heavy atom. The Kier molecular flexibility index (Phi) is 4.57. The van der Waals surface area contributed by atoms with Crippen molar-refractivity contribution in [2.24, 2.45) is 0 Å². The number of hydrogen-bond donors (Lipinski definition) is 4. The van der Waals surface area contributed by atoms with Crippen LogP contribution in [0.3, 0.4) is 0 Å². The molecule has 0 spiro atoms. The summed E-state index contributed by atoms with van der Waals surface area (Å²) in [6.07, 6.45) is -6.78. The minimum absolute atomic E-state index is 0.348. The molecular formula is C16H18O8. The second-order valence-electron chi connectivity index (χ2n) is 5.73. The van der Waals surface area contributed by atoms with Gasteiger partial charge in [-0.15, -0.1) is 0 Å². The molecule has 1 aliphatic rings. The Labute approximate surface area is 136 Å². The summed E-state index contributed by atoms with van der Waals surface area (Å²) in [5, 5.41) is 39.4. The van der Waals surface area contributed by atoms with Crippen molar-refractivity contribution in [3.8, 4) is 5.75 Å². The van der Waals surface area contributed by atoms with Gasteiger partial charge in [-0.1, -0.05) is 0 Å². The lowest BCUT2D eigenvalue weighted by atomic mass is 9.99. The molecule has 0 saturated carbocycles. The van der Waals surface area contributed by atoms with Gasteiger partial charge in [-0.3, -0.25) is 0 Å². The SMILES string of the molecule is Cc1cc2oc(=O)ccc2cc1OC1OC(CO)C(O)C(O)C1O. The Bertz CT molecular complexity index is 783. The molecule has 5 atom stereocenters. The smallest absolute Gasteiger partial charge is 0.336 e. The standard InChI is InChI=1S/C16H18O8/c1-7-4-10-8(2-3-12(18)22-10)5-9(7)23-16-15(21)14(20)13(19)11(6-17)24-16/h2-5,11,13-17,19-21H,6H2,1H3. The molecule has 5 unspecified atom stereocenters. The molecule has 2 aromatic rings. The van der Waals surface area contributed by atoms with Crippen LogP contribution >= 0.6 is 0 Å². The lowest BCUT2D eigenvalue weighted by molar-refractivity contribution is -0.277. The van der Waals surface area contributed by atoms with Gasteiger partial charge in [0.15, 0.2) is 0 Å². The van der Waals surface area contributed by atoms with E-state index in [-0.39, 0.29) is 0 Å². The van der Waals surface area contributed by atoms with Crippen LogP contribution in [0.4, 0.5) is 0 Å². The predicted molar refractivity (Wildman–Crippen MR) is 81.6 cm³/mol. The Morgan fingerprint density at radius 1 is 1.12 bits per heavy atom. The molecule has 4 N–H and O–H groups in total. The molecule has 3 rings (SSSR count). The van der Waals surface area contributed by atoms with Gasteiger partial charge < -0.3 is 34.3 Å². The average molecular weight is 338 g/mol. The normalized spacial score (nSPS) is 30.5. The van der Waals surface area contributed by atoms with Crippen molar-refractivity contribution in [2.45, 2.75) is 37.6 Å². The molecule has 1 saturated heterocycles. The zero-order valence-corrected chi connectivity index (χ0v) is 12.8.